The number of aromatic nitrogens is 2. The van der Waals surface area contributed by atoms with Crippen molar-refractivity contribution in [3.63, 3.8) is 0 Å². The van der Waals surface area contributed by atoms with Gasteiger partial charge in [0.2, 0.25) is 5.58 Å². The van der Waals surface area contributed by atoms with Crippen molar-refractivity contribution in [1.29, 1.82) is 0 Å². The Balaban J connectivity index is 1.45. The second-order valence-electron chi connectivity index (χ2n) is 9.38. The van der Waals surface area contributed by atoms with Gasteiger partial charge in [-0.3, -0.25) is 9.36 Å². The Morgan fingerprint density at radius 3 is 2.39 bits per heavy atom. The van der Waals surface area contributed by atoms with Crippen LogP contribution in [0, 0.1) is 0 Å². The molecule has 0 radical (unpaired) electrons. The van der Waals surface area contributed by atoms with E-state index in [2.05, 4.69) is 84.1 Å². The van der Waals surface area contributed by atoms with Gasteiger partial charge in [0.15, 0.2) is 0 Å². The van der Waals surface area contributed by atoms with Crippen molar-refractivity contribution < 1.29 is 8.98 Å². The average Bonchev–Trinajstić information content (AvgIpc) is 3.58. The van der Waals surface area contributed by atoms with Crippen LogP contribution in [-0.4, -0.2) is 11.6 Å². The molecule has 0 unspecified atom stereocenters. The molecule has 0 N–H and O–H groups in total. The lowest BCUT2D eigenvalue weighted by Crippen LogP contribution is -2.36. The Morgan fingerprint density at radius 2 is 1.63 bits per heavy atom. The largest absolute Gasteiger partial charge is 0.397 e. The second kappa shape index (κ2) is 8.89. The molecule has 2 aromatic heterocycles. The molecule has 0 aliphatic carbocycles. The van der Waals surface area contributed by atoms with E-state index in [9.17, 15) is 4.79 Å². The molecule has 5 nitrogen and oxygen atoms in total. The van der Waals surface area contributed by atoms with E-state index in [1.165, 1.54) is 27.0 Å². The Morgan fingerprint density at radius 1 is 0.921 bits per heavy atom. The lowest BCUT2D eigenvalue weighted by Gasteiger charge is -2.15. The van der Waals surface area contributed by atoms with Crippen LogP contribution in [0.3, 0.4) is 0 Å². The van der Waals surface area contributed by atoms with E-state index in [0.29, 0.717) is 6.54 Å². The van der Waals surface area contributed by atoms with Crippen molar-refractivity contribution in [3.8, 4) is 0 Å². The molecule has 1 aliphatic rings. The molecular formula is C31H26N3O2S2+. The molecule has 0 bridgehead atoms. The fraction of sp³-hybridized carbons (Fsp3) is 0.161. The molecule has 0 spiro atoms. The number of anilines is 1. The van der Waals surface area contributed by atoms with Crippen molar-refractivity contribution in [2.24, 2.45) is 0 Å². The molecule has 1 aliphatic heterocycles. The Labute approximate surface area is 227 Å². The lowest BCUT2D eigenvalue weighted by atomic mass is 10.1. The number of oxazole rings is 1. The molecule has 6 aromatic rings. The normalized spacial score (nSPS) is 15.3. The first-order valence-electron chi connectivity index (χ1n) is 12.8. The molecule has 4 aromatic carbocycles. The first-order valence-corrected chi connectivity index (χ1v) is 14.5. The smallest absolute Gasteiger partial charge is 0.377 e. The number of thiazole rings is 1. The molecule has 0 amide bonds. The maximum Gasteiger partial charge on any atom is 0.377 e. The zero-order chi connectivity index (χ0) is 26.0. The third-order valence-electron chi connectivity index (χ3n) is 7.32. The predicted octanol–water partition coefficient (Wildman–Crippen LogP) is 5.43. The van der Waals surface area contributed by atoms with Gasteiger partial charge < -0.3 is 9.32 Å². The fourth-order valence-electron chi connectivity index (χ4n) is 5.47. The predicted molar refractivity (Wildman–Crippen MR) is 158 cm³/mol. The van der Waals surface area contributed by atoms with Crippen LogP contribution < -0.4 is 24.2 Å². The molecule has 3 heterocycles. The van der Waals surface area contributed by atoms with E-state index in [1.807, 2.05) is 29.7 Å². The Kier molecular flexibility index (Phi) is 5.46. The minimum Gasteiger partial charge on any atom is -0.397 e. The SMILES string of the molecule is CCn1c(=O)/c(=C2/Sc3ccc4ccccc4c3N2C)s/c1=C/c1oc2c3ccccc3ccc2[n+]1CC. The summed E-state index contributed by atoms with van der Waals surface area (Å²) in [6.07, 6.45) is 2.03. The maximum absolute atomic E-state index is 13.7. The van der Waals surface area contributed by atoms with Gasteiger partial charge in [-0.15, -0.1) is 11.3 Å². The van der Waals surface area contributed by atoms with Crippen molar-refractivity contribution >= 4 is 72.5 Å². The van der Waals surface area contributed by atoms with Crippen LogP contribution >= 0.6 is 23.1 Å². The molecule has 0 saturated carbocycles. The molecular weight excluding hydrogens is 510 g/mol. The fourth-order valence-corrected chi connectivity index (χ4v) is 7.93. The standard InChI is InChI=1S/C31H26N3O2S2/c1-4-33-23-16-14-20-11-7-9-13-22(20)28(23)36-25(33)18-26-34(5-2)30(35)29(38-26)31-32(3)27-21-12-8-6-10-19(21)15-17-24(27)37-31/h6-18H,4-5H2,1-3H3/q+1/b31-29-. The summed E-state index contributed by atoms with van der Waals surface area (Å²) in [5, 5.41) is 5.63. The summed E-state index contributed by atoms with van der Waals surface area (Å²) in [7, 11) is 2.06. The van der Waals surface area contributed by atoms with Gasteiger partial charge in [-0.2, -0.15) is 4.57 Å². The average molecular weight is 537 g/mol. The van der Waals surface area contributed by atoms with Gasteiger partial charge >= 0.3 is 5.89 Å². The number of rotatable bonds is 3. The second-order valence-corrected chi connectivity index (χ2v) is 11.4. The van der Waals surface area contributed by atoms with Gasteiger partial charge in [-0.25, -0.2) is 0 Å². The van der Waals surface area contributed by atoms with Crippen LogP contribution in [0.25, 0.3) is 43.7 Å². The molecule has 0 atom stereocenters. The number of nitrogens with zero attached hydrogens (tertiary/aromatic N) is 3. The van der Waals surface area contributed by atoms with E-state index in [1.54, 1.807) is 11.8 Å². The minimum atomic E-state index is 0.0415. The summed E-state index contributed by atoms with van der Waals surface area (Å²) in [6.45, 7) is 5.50. The van der Waals surface area contributed by atoms with E-state index < -0.39 is 0 Å². The highest BCUT2D eigenvalue weighted by Crippen LogP contribution is 2.48. The van der Waals surface area contributed by atoms with Gasteiger partial charge in [0.25, 0.3) is 11.1 Å². The van der Waals surface area contributed by atoms with Crippen LogP contribution in [0.1, 0.15) is 19.7 Å². The highest BCUT2D eigenvalue weighted by molar-refractivity contribution is 8.08. The van der Waals surface area contributed by atoms with E-state index in [-0.39, 0.29) is 5.56 Å². The van der Waals surface area contributed by atoms with Crippen molar-refractivity contribution in [1.82, 2.24) is 4.57 Å². The molecule has 7 rings (SSSR count). The van der Waals surface area contributed by atoms with Gasteiger partial charge in [0, 0.05) is 35.3 Å². The summed E-state index contributed by atoms with van der Waals surface area (Å²) in [5.41, 5.74) is 3.14. The monoisotopic (exact) mass is 536 g/mol. The third kappa shape index (κ3) is 3.38. The van der Waals surface area contributed by atoms with Gasteiger partial charge in [0.05, 0.1) is 11.8 Å². The van der Waals surface area contributed by atoms with Crippen molar-refractivity contribution in [2.75, 3.05) is 11.9 Å². The van der Waals surface area contributed by atoms with Crippen molar-refractivity contribution in [3.05, 3.63) is 98.2 Å². The summed E-state index contributed by atoms with van der Waals surface area (Å²) in [6, 6.07) is 25.3. The van der Waals surface area contributed by atoms with Crippen LogP contribution in [-0.2, 0) is 13.1 Å². The number of hydrogen-bond donors (Lipinski definition) is 0. The number of benzene rings is 4. The summed E-state index contributed by atoms with van der Waals surface area (Å²) in [4.78, 5) is 17.1. The van der Waals surface area contributed by atoms with Crippen LogP contribution in [0.5, 0.6) is 0 Å². The van der Waals surface area contributed by atoms with Crippen LogP contribution in [0.2, 0.25) is 0 Å². The molecule has 188 valence electrons. The first-order chi connectivity index (χ1) is 18.6. The number of hydrogen-bond acceptors (Lipinski definition) is 5. The van der Waals surface area contributed by atoms with E-state index in [4.69, 9.17) is 4.42 Å². The van der Waals surface area contributed by atoms with Crippen LogP contribution in [0.4, 0.5) is 5.69 Å². The van der Waals surface area contributed by atoms with Gasteiger partial charge in [0.1, 0.15) is 20.8 Å². The van der Waals surface area contributed by atoms with Crippen LogP contribution in [0.15, 0.2) is 86.9 Å². The summed E-state index contributed by atoms with van der Waals surface area (Å²) in [5.74, 6) is 0.751. The quantitative estimate of drug-likeness (QED) is 0.283. The Hall–Kier alpha value is -3.81. The number of thioether (sulfide) groups is 1. The summed E-state index contributed by atoms with van der Waals surface area (Å²) < 4.78 is 12.2. The maximum atomic E-state index is 13.7. The molecule has 0 saturated heterocycles. The van der Waals surface area contributed by atoms with Gasteiger partial charge in [-0.1, -0.05) is 66.4 Å². The number of fused-ring (bicyclic) bond motifs is 6. The van der Waals surface area contributed by atoms with Gasteiger partial charge in [-0.05, 0) is 36.8 Å². The zero-order valence-electron chi connectivity index (χ0n) is 21.4. The summed E-state index contributed by atoms with van der Waals surface area (Å²) >= 11 is 3.21. The molecule has 0 fully saturated rings. The number of aryl methyl sites for hydroxylation is 1. The zero-order valence-corrected chi connectivity index (χ0v) is 23.0. The third-order valence-corrected chi connectivity index (χ3v) is 9.79. The molecule has 38 heavy (non-hydrogen) atoms. The van der Waals surface area contributed by atoms with E-state index >= 15 is 0 Å². The first kappa shape index (κ1) is 23.3. The topological polar surface area (TPSA) is 42.3 Å². The highest BCUT2D eigenvalue weighted by atomic mass is 32.2. The Bertz CT molecular complexity index is 2080. The van der Waals surface area contributed by atoms with E-state index in [0.717, 1.165) is 54.2 Å². The lowest BCUT2D eigenvalue weighted by molar-refractivity contribution is -0.674. The van der Waals surface area contributed by atoms with Crippen molar-refractivity contribution in [2.45, 2.75) is 31.8 Å². The highest BCUT2D eigenvalue weighted by Gasteiger charge is 2.27. The molecule has 7 heteroatoms. The minimum absolute atomic E-state index is 0.0415.